The Hall–Kier alpha value is -3.28. The first-order valence-corrected chi connectivity index (χ1v) is 13.1. The van der Waals surface area contributed by atoms with Crippen molar-refractivity contribution in [3.05, 3.63) is 64.8 Å². The van der Waals surface area contributed by atoms with Crippen LogP contribution in [0.15, 0.2) is 52.3 Å². The normalized spacial score (nSPS) is 13.7. The Balaban J connectivity index is 1.46. The van der Waals surface area contributed by atoms with Gasteiger partial charge in [0.25, 0.3) is 10.0 Å². The van der Waals surface area contributed by atoms with Crippen LogP contribution in [0.4, 0.5) is 10.5 Å². The zero-order valence-electron chi connectivity index (χ0n) is 18.6. The lowest BCUT2D eigenvalue weighted by Crippen LogP contribution is -2.34. The molecule has 3 aromatic heterocycles. The first kappa shape index (κ1) is 22.5. The van der Waals surface area contributed by atoms with Gasteiger partial charge in [-0.25, -0.2) is 22.4 Å². The van der Waals surface area contributed by atoms with Crippen LogP contribution in [0, 0.1) is 0 Å². The Bertz CT molecular complexity index is 1520. The molecule has 11 heteroatoms. The summed E-state index contributed by atoms with van der Waals surface area (Å²) in [6, 6.07) is 8.33. The highest BCUT2D eigenvalue weighted by molar-refractivity contribution is 7.92. The fraction of sp³-hybridized carbons (Fsp3) is 0.261. The molecule has 0 bridgehead atoms. The standard InChI is InChI=1S/C23H23N5O4S2/c1-23(2,30)16-11-20(33-13-16)34(31,32)26-22(29)25-21-18-5-3-4-14(18)6-7-19(21)15-8-9-28-17(10-15)12-24-27-28/h6-13,30H,3-5H2,1-2H3,(H2,25,26,29). The van der Waals surface area contributed by atoms with Gasteiger partial charge in [0, 0.05) is 11.8 Å². The zero-order valence-corrected chi connectivity index (χ0v) is 20.2. The Kier molecular flexibility index (Phi) is 5.42. The molecule has 0 aliphatic heterocycles. The number of carbonyl (C=O) groups is 1. The lowest BCUT2D eigenvalue weighted by molar-refractivity contribution is 0.0789. The van der Waals surface area contributed by atoms with E-state index in [1.165, 1.54) is 6.07 Å². The predicted molar refractivity (Wildman–Crippen MR) is 129 cm³/mol. The van der Waals surface area contributed by atoms with Crippen molar-refractivity contribution in [1.82, 2.24) is 19.5 Å². The smallest absolute Gasteiger partial charge is 0.333 e. The van der Waals surface area contributed by atoms with E-state index in [1.807, 2.05) is 18.2 Å². The van der Waals surface area contributed by atoms with Crippen molar-refractivity contribution in [3.8, 4) is 11.1 Å². The first-order valence-electron chi connectivity index (χ1n) is 10.7. The van der Waals surface area contributed by atoms with E-state index < -0.39 is 21.7 Å². The van der Waals surface area contributed by atoms with Gasteiger partial charge < -0.3 is 10.4 Å². The number of hydrogen-bond acceptors (Lipinski definition) is 7. The van der Waals surface area contributed by atoms with Gasteiger partial charge in [-0.3, -0.25) is 0 Å². The molecule has 0 atom stereocenters. The van der Waals surface area contributed by atoms with Crippen molar-refractivity contribution in [2.45, 2.75) is 42.9 Å². The number of urea groups is 1. The van der Waals surface area contributed by atoms with Crippen molar-refractivity contribution in [1.29, 1.82) is 0 Å². The molecule has 2 amide bonds. The van der Waals surface area contributed by atoms with E-state index in [4.69, 9.17) is 0 Å². The van der Waals surface area contributed by atoms with Crippen LogP contribution < -0.4 is 10.0 Å². The second-order valence-electron chi connectivity index (χ2n) is 8.77. The highest BCUT2D eigenvalue weighted by Crippen LogP contribution is 2.38. The number of nitrogens with zero attached hydrogens (tertiary/aromatic N) is 3. The number of pyridine rings is 1. The maximum atomic E-state index is 12.9. The lowest BCUT2D eigenvalue weighted by Gasteiger charge is -2.17. The number of nitrogens with one attached hydrogen (secondary N) is 2. The number of hydrogen-bond donors (Lipinski definition) is 3. The maximum Gasteiger partial charge on any atom is 0.333 e. The summed E-state index contributed by atoms with van der Waals surface area (Å²) in [5.74, 6) is 0. The molecular formula is C23H23N5O4S2. The van der Waals surface area contributed by atoms with Gasteiger partial charge in [-0.1, -0.05) is 17.3 Å². The number of thiophene rings is 1. The molecule has 9 nitrogen and oxygen atoms in total. The molecule has 0 saturated carbocycles. The van der Waals surface area contributed by atoms with Gasteiger partial charge in [0.1, 0.15) is 4.21 Å². The molecule has 0 saturated heterocycles. The van der Waals surface area contributed by atoms with Crippen LogP contribution in [-0.2, 0) is 28.5 Å². The van der Waals surface area contributed by atoms with E-state index in [-0.39, 0.29) is 4.21 Å². The van der Waals surface area contributed by atoms with Gasteiger partial charge in [0.05, 0.1) is 23.0 Å². The second-order valence-corrected chi connectivity index (χ2v) is 11.6. The van der Waals surface area contributed by atoms with Crippen LogP contribution in [-0.4, -0.2) is 34.4 Å². The van der Waals surface area contributed by atoms with Crippen LogP contribution in [0.3, 0.4) is 0 Å². The van der Waals surface area contributed by atoms with Crippen molar-refractivity contribution >= 4 is 38.6 Å². The highest BCUT2D eigenvalue weighted by Gasteiger charge is 2.26. The quantitative estimate of drug-likeness (QED) is 0.386. The van der Waals surface area contributed by atoms with Crippen molar-refractivity contribution in [3.63, 3.8) is 0 Å². The van der Waals surface area contributed by atoms with Crippen molar-refractivity contribution in [2.24, 2.45) is 0 Å². The van der Waals surface area contributed by atoms with E-state index in [0.29, 0.717) is 11.3 Å². The van der Waals surface area contributed by atoms with Gasteiger partial charge in [-0.2, -0.15) is 0 Å². The molecule has 3 heterocycles. The topological polar surface area (TPSA) is 126 Å². The second kappa shape index (κ2) is 8.19. The molecule has 1 aromatic carbocycles. The first-order chi connectivity index (χ1) is 16.1. The highest BCUT2D eigenvalue weighted by atomic mass is 32.2. The third-order valence-corrected chi connectivity index (χ3v) is 8.68. The van der Waals surface area contributed by atoms with Crippen molar-refractivity contribution in [2.75, 3.05) is 5.32 Å². The van der Waals surface area contributed by atoms with E-state index in [2.05, 4.69) is 26.4 Å². The summed E-state index contributed by atoms with van der Waals surface area (Å²) in [5.41, 5.74) is 4.48. The zero-order chi connectivity index (χ0) is 24.1. The Morgan fingerprint density at radius 3 is 2.79 bits per heavy atom. The minimum atomic E-state index is -4.11. The summed E-state index contributed by atoms with van der Waals surface area (Å²) in [7, 11) is -4.11. The van der Waals surface area contributed by atoms with E-state index in [9.17, 15) is 18.3 Å². The number of fused-ring (bicyclic) bond motifs is 2. The van der Waals surface area contributed by atoms with Crippen LogP contribution in [0.1, 0.15) is 37.0 Å². The molecule has 0 fully saturated rings. The Morgan fingerprint density at radius 2 is 2.03 bits per heavy atom. The molecule has 1 aliphatic carbocycles. The molecule has 5 rings (SSSR count). The van der Waals surface area contributed by atoms with Gasteiger partial charge in [-0.05, 0) is 78.9 Å². The molecule has 176 valence electrons. The van der Waals surface area contributed by atoms with Gasteiger partial charge in [0.15, 0.2) is 0 Å². The monoisotopic (exact) mass is 497 g/mol. The van der Waals surface area contributed by atoms with Crippen molar-refractivity contribution < 1.29 is 18.3 Å². The number of amides is 2. The molecule has 0 radical (unpaired) electrons. The fourth-order valence-electron chi connectivity index (χ4n) is 4.14. The number of aromatic nitrogens is 3. The largest absolute Gasteiger partial charge is 0.386 e. The van der Waals surface area contributed by atoms with Crippen LogP contribution in [0.5, 0.6) is 0 Å². The third kappa shape index (κ3) is 4.17. The number of anilines is 1. The minimum Gasteiger partial charge on any atom is -0.386 e. The average Bonchev–Trinajstić information content (AvgIpc) is 3.52. The SMILES string of the molecule is CC(C)(O)c1csc(S(=O)(=O)NC(=O)Nc2c(-c3ccn4nncc4c3)ccc3c2CCC3)c1. The van der Waals surface area contributed by atoms with Crippen LogP contribution in [0.2, 0.25) is 0 Å². The van der Waals surface area contributed by atoms with E-state index >= 15 is 0 Å². The summed E-state index contributed by atoms with van der Waals surface area (Å²) in [6.45, 7) is 3.14. The van der Waals surface area contributed by atoms with E-state index in [0.717, 1.165) is 58.4 Å². The fourth-order valence-corrected chi connectivity index (χ4v) is 6.38. The predicted octanol–water partition coefficient (Wildman–Crippen LogP) is 3.68. The molecule has 1 aliphatic rings. The van der Waals surface area contributed by atoms with E-state index in [1.54, 1.807) is 36.1 Å². The van der Waals surface area contributed by atoms with Gasteiger partial charge in [0.2, 0.25) is 0 Å². The maximum absolute atomic E-state index is 12.9. The van der Waals surface area contributed by atoms with Crippen LogP contribution in [0.25, 0.3) is 16.6 Å². The summed E-state index contributed by atoms with van der Waals surface area (Å²) in [6.07, 6.45) is 6.10. The molecule has 4 aromatic rings. The summed E-state index contributed by atoms with van der Waals surface area (Å²) >= 11 is 0.949. The average molecular weight is 498 g/mol. The molecular weight excluding hydrogens is 474 g/mol. The summed E-state index contributed by atoms with van der Waals surface area (Å²) in [4.78, 5) is 12.9. The molecule has 0 unspecified atom stereocenters. The minimum absolute atomic E-state index is 0.0445. The van der Waals surface area contributed by atoms with Gasteiger partial charge in [-0.15, -0.1) is 16.4 Å². The third-order valence-electron chi connectivity index (χ3n) is 5.91. The Labute approximate surface area is 200 Å². The number of rotatable bonds is 5. The molecule has 3 N–H and O–H groups in total. The number of sulfonamides is 1. The van der Waals surface area contributed by atoms with Gasteiger partial charge >= 0.3 is 6.03 Å². The molecule has 0 spiro atoms. The summed E-state index contributed by atoms with van der Waals surface area (Å²) < 4.78 is 29.3. The van der Waals surface area contributed by atoms with Crippen LogP contribution >= 0.6 is 11.3 Å². The molecule has 34 heavy (non-hydrogen) atoms. The number of benzene rings is 1. The number of aliphatic hydroxyl groups is 1. The Morgan fingerprint density at radius 1 is 1.21 bits per heavy atom. The lowest BCUT2D eigenvalue weighted by atomic mass is 9.97. The summed E-state index contributed by atoms with van der Waals surface area (Å²) in [5, 5.41) is 22.4. The number of aryl methyl sites for hydroxylation is 1. The number of carbonyl (C=O) groups excluding carboxylic acids is 1.